The summed E-state index contributed by atoms with van der Waals surface area (Å²) in [6, 6.07) is 14.1. The van der Waals surface area contributed by atoms with E-state index in [9.17, 15) is 4.79 Å². The van der Waals surface area contributed by atoms with E-state index in [4.69, 9.17) is 4.74 Å². The fourth-order valence-electron chi connectivity index (χ4n) is 3.20. The van der Waals surface area contributed by atoms with Gasteiger partial charge in [0.05, 0.1) is 37.9 Å². The molecule has 134 valence electrons. The minimum atomic E-state index is -0.00296. The third kappa shape index (κ3) is 3.70. The van der Waals surface area contributed by atoms with Crippen molar-refractivity contribution < 1.29 is 9.53 Å². The summed E-state index contributed by atoms with van der Waals surface area (Å²) < 4.78 is 7.36. The van der Waals surface area contributed by atoms with Gasteiger partial charge in [-0.3, -0.25) is 4.79 Å². The summed E-state index contributed by atoms with van der Waals surface area (Å²) in [6.07, 6.45) is 4.13. The van der Waals surface area contributed by atoms with Gasteiger partial charge in [-0.15, -0.1) is 0 Å². The number of fused-ring (bicyclic) bond motifs is 1. The van der Waals surface area contributed by atoms with Crippen LogP contribution >= 0.6 is 0 Å². The minimum absolute atomic E-state index is 0.00296. The third-order valence-corrected chi connectivity index (χ3v) is 4.64. The number of aromatic nitrogens is 2. The summed E-state index contributed by atoms with van der Waals surface area (Å²) in [4.78, 5) is 18.9. The van der Waals surface area contributed by atoms with Crippen molar-refractivity contribution in [2.45, 2.75) is 13.0 Å². The predicted molar refractivity (Wildman–Crippen MR) is 100 cm³/mol. The van der Waals surface area contributed by atoms with Crippen LogP contribution in [0.1, 0.15) is 11.4 Å². The average molecular weight is 350 g/mol. The standard InChI is InChI=1S/C20H22N4O2/c25-20(22-15-19-21-14-18-3-1-2-8-24(18)19)13-16-4-6-17(7-5-16)23-9-11-26-12-10-23/h1-8,14H,9-13,15H2,(H,22,25). The van der Waals surface area contributed by atoms with Crippen molar-refractivity contribution in [3.8, 4) is 0 Å². The Morgan fingerprint density at radius 2 is 1.92 bits per heavy atom. The van der Waals surface area contributed by atoms with Crippen molar-refractivity contribution in [1.29, 1.82) is 0 Å². The number of hydrogen-bond acceptors (Lipinski definition) is 4. The molecule has 4 rings (SSSR count). The number of morpholine rings is 1. The average Bonchev–Trinajstić information content (AvgIpc) is 3.11. The Balaban J connectivity index is 1.33. The van der Waals surface area contributed by atoms with Crippen LogP contribution in [0.15, 0.2) is 54.9 Å². The van der Waals surface area contributed by atoms with Gasteiger partial charge in [0.2, 0.25) is 5.91 Å². The first kappa shape index (κ1) is 16.6. The molecule has 6 nitrogen and oxygen atoms in total. The largest absolute Gasteiger partial charge is 0.378 e. The van der Waals surface area contributed by atoms with Crippen LogP contribution in [0.25, 0.3) is 5.52 Å². The fourth-order valence-corrected chi connectivity index (χ4v) is 3.20. The number of nitrogens with one attached hydrogen (secondary N) is 1. The van der Waals surface area contributed by atoms with Gasteiger partial charge in [0, 0.05) is 25.0 Å². The second-order valence-electron chi connectivity index (χ2n) is 6.39. The molecule has 0 atom stereocenters. The first-order valence-electron chi connectivity index (χ1n) is 8.89. The van der Waals surface area contributed by atoms with E-state index in [-0.39, 0.29) is 5.91 Å². The Hall–Kier alpha value is -2.86. The van der Waals surface area contributed by atoms with Crippen LogP contribution in [-0.4, -0.2) is 41.6 Å². The second-order valence-corrected chi connectivity index (χ2v) is 6.39. The summed E-state index contributed by atoms with van der Waals surface area (Å²) in [5.74, 6) is 0.827. The Kier molecular flexibility index (Phi) is 4.84. The highest BCUT2D eigenvalue weighted by molar-refractivity contribution is 5.78. The van der Waals surface area contributed by atoms with Crippen LogP contribution in [0.2, 0.25) is 0 Å². The van der Waals surface area contributed by atoms with Crippen LogP contribution in [0, 0.1) is 0 Å². The Morgan fingerprint density at radius 1 is 1.12 bits per heavy atom. The highest BCUT2D eigenvalue weighted by atomic mass is 16.5. The monoisotopic (exact) mass is 350 g/mol. The van der Waals surface area contributed by atoms with Crippen molar-refractivity contribution in [2.75, 3.05) is 31.2 Å². The van der Waals surface area contributed by atoms with E-state index in [1.807, 2.05) is 47.1 Å². The lowest BCUT2D eigenvalue weighted by molar-refractivity contribution is -0.120. The number of rotatable bonds is 5. The van der Waals surface area contributed by atoms with Crippen LogP contribution < -0.4 is 10.2 Å². The van der Waals surface area contributed by atoms with E-state index in [1.54, 1.807) is 0 Å². The number of hydrogen-bond donors (Lipinski definition) is 1. The summed E-state index contributed by atoms with van der Waals surface area (Å²) in [6.45, 7) is 3.79. The summed E-state index contributed by atoms with van der Waals surface area (Å²) in [7, 11) is 0. The van der Waals surface area contributed by atoms with Crippen molar-refractivity contribution >= 4 is 17.1 Å². The van der Waals surface area contributed by atoms with Crippen molar-refractivity contribution in [2.24, 2.45) is 0 Å². The molecule has 1 amide bonds. The van der Waals surface area contributed by atoms with Gasteiger partial charge in [0.1, 0.15) is 5.82 Å². The van der Waals surface area contributed by atoms with Gasteiger partial charge in [-0.25, -0.2) is 4.98 Å². The number of carbonyl (C=O) groups is 1. The molecule has 3 heterocycles. The molecule has 0 aliphatic carbocycles. The number of nitrogens with zero attached hydrogens (tertiary/aromatic N) is 3. The van der Waals surface area contributed by atoms with E-state index < -0.39 is 0 Å². The van der Waals surface area contributed by atoms with Gasteiger partial charge in [0.25, 0.3) is 0 Å². The molecule has 0 spiro atoms. The maximum absolute atomic E-state index is 12.3. The van der Waals surface area contributed by atoms with Crippen molar-refractivity contribution in [1.82, 2.24) is 14.7 Å². The molecule has 1 aromatic carbocycles. The van der Waals surface area contributed by atoms with E-state index >= 15 is 0 Å². The molecule has 0 bridgehead atoms. The number of imidazole rings is 1. The number of carbonyl (C=O) groups excluding carboxylic acids is 1. The Labute approximate surface area is 152 Å². The zero-order valence-corrected chi connectivity index (χ0v) is 14.6. The van der Waals surface area contributed by atoms with Crippen LogP contribution in [-0.2, 0) is 22.5 Å². The van der Waals surface area contributed by atoms with E-state index in [2.05, 4.69) is 27.3 Å². The predicted octanol–water partition coefficient (Wildman–Crippen LogP) is 2.03. The molecule has 2 aromatic heterocycles. The molecule has 1 saturated heterocycles. The van der Waals surface area contributed by atoms with Gasteiger partial charge in [-0.1, -0.05) is 18.2 Å². The zero-order chi connectivity index (χ0) is 17.8. The normalized spacial score (nSPS) is 14.5. The molecule has 1 aliphatic rings. The lowest BCUT2D eigenvalue weighted by Gasteiger charge is -2.28. The van der Waals surface area contributed by atoms with Gasteiger partial charge in [-0.2, -0.15) is 0 Å². The van der Waals surface area contributed by atoms with Crippen molar-refractivity contribution in [3.05, 3.63) is 66.2 Å². The molecular weight excluding hydrogens is 328 g/mol. The molecule has 0 radical (unpaired) electrons. The molecule has 6 heteroatoms. The van der Waals surface area contributed by atoms with E-state index in [1.165, 1.54) is 5.69 Å². The van der Waals surface area contributed by atoms with E-state index in [0.29, 0.717) is 13.0 Å². The number of benzene rings is 1. The first-order chi connectivity index (χ1) is 12.8. The van der Waals surface area contributed by atoms with Crippen LogP contribution in [0.3, 0.4) is 0 Å². The quantitative estimate of drug-likeness (QED) is 0.765. The number of amides is 1. The fraction of sp³-hybridized carbons (Fsp3) is 0.300. The lowest BCUT2D eigenvalue weighted by atomic mass is 10.1. The molecule has 26 heavy (non-hydrogen) atoms. The van der Waals surface area contributed by atoms with Gasteiger partial charge in [-0.05, 0) is 29.8 Å². The highest BCUT2D eigenvalue weighted by Crippen LogP contribution is 2.17. The number of anilines is 1. The smallest absolute Gasteiger partial charge is 0.224 e. The van der Waals surface area contributed by atoms with Crippen molar-refractivity contribution in [3.63, 3.8) is 0 Å². The van der Waals surface area contributed by atoms with Gasteiger partial charge < -0.3 is 19.4 Å². The molecule has 1 N–H and O–H groups in total. The topological polar surface area (TPSA) is 58.9 Å². The van der Waals surface area contributed by atoms with Gasteiger partial charge >= 0.3 is 0 Å². The zero-order valence-electron chi connectivity index (χ0n) is 14.6. The third-order valence-electron chi connectivity index (χ3n) is 4.64. The summed E-state index contributed by atoms with van der Waals surface area (Å²) in [5, 5.41) is 2.95. The van der Waals surface area contributed by atoms with Crippen LogP contribution in [0.4, 0.5) is 5.69 Å². The first-order valence-corrected chi connectivity index (χ1v) is 8.89. The molecule has 0 saturated carbocycles. The number of ether oxygens (including phenoxy) is 1. The maximum Gasteiger partial charge on any atom is 0.224 e. The minimum Gasteiger partial charge on any atom is -0.378 e. The SMILES string of the molecule is O=C(Cc1ccc(N2CCOCC2)cc1)NCc1ncc2ccccn12. The maximum atomic E-state index is 12.3. The summed E-state index contributed by atoms with van der Waals surface area (Å²) in [5.41, 5.74) is 3.21. The second kappa shape index (κ2) is 7.58. The van der Waals surface area contributed by atoms with Crippen LogP contribution in [0.5, 0.6) is 0 Å². The highest BCUT2D eigenvalue weighted by Gasteiger charge is 2.11. The van der Waals surface area contributed by atoms with Gasteiger partial charge in [0.15, 0.2) is 0 Å². The molecule has 1 aliphatic heterocycles. The lowest BCUT2D eigenvalue weighted by Crippen LogP contribution is -2.36. The molecular formula is C20H22N4O2. The molecule has 1 fully saturated rings. The summed E-state index contributed by atoms with van der Waals surface area (Å²) >= 11 is 0. The molecule has 0 unspecified atom stereocenters. The van der Waals surface area contributed by atoms with E-state index in [0.717, 1.165) is 43.2 Å². The molecule has 3 aromatic rings. The Morgan fingerprint density at radius 3 is 2.73 bits per heavy atom. The Bertz CT molecular complexity index is 882. The number of pyridine rings is 1.